The Kier molecular flexibility index (Phi) is 6.51. The number of halogens is 2. The first kappa shape index (κ1) is 21.7. The number of carbonyl (C=O) groups is 2. The minimum atomic E-state index is -0.240. The molecule has 1 amide bonds. The minimum Gasteiger partial charge on any atom is -0.397 e. The predicted octanol–water partition coefficient (Wildman–Crippen LogP) is 6.24. The van der Waals surface area contributed by atoms with Crippen molar-refractivity contribution >= 4 is 62.6 Å². The van der Waals surface area contributed by atoms with Crippen molar-refractivity contribution < 1.29 is 9.59 Å². The molecule has 5 nitrogen and oxygen atoms in total. The number of piperidine rings is 1. The van der Waals surface area contributed by atoms with Crippen molar-refractivity contribution in [1.82, 2.24) is 4.90 Å². The lowest BCUT2D eigenvalue weighted by Crippen LogP contribution is -2.36. The molecule has 4 rings (SSSR count). The third kappa shape index (κ3) is 4.71. The summed E-state index contributed by atoms with van der Waals surface area (Å²) < 4.78 is 0. The van der Waals surface area contributed by atoms with Gasteiger partial charge in [0.25, 0.3) is 5.91 Å². The number of hydrogen-bond acceptors (Lipinski definition) is 5. The number of rotatable bonds is 5. The number of amides is 1. The van der Waals surface area contributed by atoms with Gasteiger partial charge in [0.15, 0.2) is 0 Å². The van der Waals surface area contributed by atoms with Crippen LogP contribution in [0.15, 0.2) is 48.5 Å². The highest BCUT2D eigenvalue weighted by molar-refractivity contribution is 7.19. The molecule has 0 unspecified atom stereocenters. The summed E-state index contributed by atoms with van der Waals surface area (Å²) in [6, 6.07) is 13.8. The van der Waals surface area contributed by atoms with Crippen molar-refractivity contribution in [2.24, 2.45) is 0 Å². The maximum absolute atomic E-state index is 13.4. The normalized spacial score (nSPS) is 13.8. The molecule has 1 fully saturated rings. The van der Waals surface area contributed by atoms with Crippen LogP contribution in [-0.4, -0.2) is 29.7 Å². The van der Waals surface area contributed by atoms with Crippen LogP contribution >= 0.6 is 34.5 Å². The Morgan fingerprint density at radius 3 is 2.10 bits per heavy atom. The first-order valence-electron chi connectivity index (χ1n) is 9.98. The standard InChI is InChI=1S/C23H21Cl2N3O2S/c24-15-6-4-14(5-7-15)20(29)21-19(26)18(23(30)28-12-2-1-3-13-28)22(31-21)27-17-10-8-16(25)9-11-17/h4-11,27H,1-3,12-13,26H2. The van der Waals surface area contributed by atoms with Crippen LogP contribution in [0.1, 0.15) is 44.9 Å². The lowest BCUT2D eigenvalue weighted by atomic mass is 10.1. The maximum Gasteiger partial charge on any atom is 0.258 e. The van der Waals surface area contributed by atoms with Crippen molar-refractivity contribution in [1.29, 1.82) is 0 Å². The summed E-state index contributed by atoms with van der Waals surface area (Å²) in [6.45, 7) is 1.38. The molecule has 2 aromatic carbocycles. The fourth-order valence-electron chi connectivity index (χ4n) is 3.56. The van der Waals surface area contributed by atoms with Gasteiger partial charge < -0.3 is 16.0 Å². The number of hydrogen-bond donors (Lipinski definition) is 2. The van der Waals surface area contributed by atoms with Gasteiger partial charge in [-0.1, -0.05) is 23.2 Å². The molecule has 8 heteroatoms. The van der Waals surface area contributed by atoms with Gasteiger partial charge in [-0.05, 0) is 67.8 Å². The van der Waals surface area contributed by atoms with Gasteiger partial charge in [-0.15, -0.1) is 11.3 Å². The number of ketones is 1. The zero-order chi connectivity index (χ0) is 22.0. The van der Waals surface area contributed by atoms with E-state index >= 15 is 0 Å². The summed E-state index contributed by atoms with van der Waals surface area (Å²) in [5.41, 5.74) is 8.18. The monoisotopic (exact) mass is 473 g/mol. The molecule has 1 aromatic heterocycles. The van der Waals surface area contributed by atoms with Crippen LogP contribution < -0.4 is 11.1 Å². The highest BCUT2D eigenvalue weighted by Gasteiger charge is 2.29. The molecule has 0 radical (unpaired) electrons. The minimum absolute atomic E-state index is 0.153. The van der Waals surface area contributed by atoms with E-state index in [-0.39, 0.29) is 17.4 Å². The summed E-state index contributed by atoms with van der Waals surface area (Å²) in [4.78, 5) is 28.7. The second kappa shape index (κ2) is 9.30. The molecule has 3 aromatic rings. The van der Waals surface area contributed by atoms with E-state index < -0.39 is 0 Å². The summed E-state index contributed by atoms with van der Waals surface area (Å²) in [6.07, 6.45) is 3.04. The number of nitrogens with two attached hydrogens (primary N) is 1. The molecule has 0 bridgehead atoms. The zero-order valence-corrected chi connectivity index (χ0v) is 19.0. The molecular weight excluding hydrogens is 453 g/mol. The van der Waals surface area contributed by atoms with Crippen molar-refractivity contribution in [3.63, 3.8) is 0 Å². The molecule has 1 aliphatic heterocycles. The third-order valence-corrected chi connectivity index (χ3v) is 6.84. The van der Waals surface area contributed by atoms with E-state index in [1.165, 1.54) is 11.3 Å². The molecule has 0 saturated carbocycles. The van der Waals surface area contributed by atoms with Crippen LogP contribution in [0.3, 0.4) is 0 Å². The van der Waals surface area contributed by atoms with Crippen LogP contribution in [0.5, 0.6) is 0 Å². The summed E-state index contributed by atoms with van der Waals surface area (Å²) in [5, 5.41) is 4.96. The topological polar surface area (TPSA) is 75.4 Å². The molecule has 2 heterocycles. The average molecular weight is 474 g/mol. The van der Waals surface area contributed by atoms with Gasteiger partial charge in [0.1, 0.15) is 9.88 Å². The van der Waals surface area contributed by atoms with Crippen molar-refractivity contribution in [2.75, 3.05) is 24.1 Å². The highest BCUT2D eigenvalue weighted by Crippen LogP contribution is 2.40. The van der Waals surface area contributed by atoms with Gasteiger partial charge in [-0.2, -0.15) is 0 Å². The predicted molar refractivity (Wildman–Crippen MR) is 128 cm³/mol. The van der Waals surface area contributed by atoms with Crippen molar-refractivity contribution in [3.05, 3.63) is 74.6 Å². The number of likely N-dealkylation sites (tertiary alicyclic amines) is 1. The molecule has 1 aliphatic rings. The number of thiophene rings is 1. The van der Waals surface area contributed by atoms with Crippen LogP contribution in [0, 0.1) is 0 Å². The highest BCUT2D eigenvalue weighted by atomic mass is 35.5. The number of nitrogen functional groups attached to an aromatic ring is 1. The molecule has 0 atom stereocenters. The second-order valence-electron chi connectivity index (χ2n) is 7.37. The van der Waals surface area contributed by atoms with E-state index in [0.717, 1.165) is 24.9 Å². The number of nitrogens with zero attached hydrogens (tertiary/aromatic N) is 1. The number of carbonyl (C=O) groups excluding carboxylic acids is 2. The third-order valence-electron chi connectivity index (χ3n) is 5.22. The molecule has 0 aliphatic carbocycles. The fraction of sp³-hybridized carbons (Fsp3) is 0.217. The number of anilines is 3. The van der Waals surface area contributed by atoms with Gasteiger partial charge in [-0.3, -0.25) is 9.59 Å². The number of benzene rings is 2. The smallest absolute Gasteiger partial charge is 0.258 e. The molecule has 160 valence electrons. The Morgan fingerprint density at radius 2 is 1.48 bits per heavy atom. The van der Waals surface area contributed by atoms with Gasteiger partial charge in [-0.25, -0.2) is 0 Å². The van der Waals surface area contributed by atoms with E-state index in [1.807, 2.05) is 17.0 Å². The summed E-state index contributed by atoms with van der Waals surface area (Å²) >= 11 is 13.1. The van der Waals surface area contributed by atoms with Crippen molar-refractivity contribution in [2.45, 2.75) is 19.3 Å². The molecule has 1 saturated heterocycles. The molecular formula is C23H21Cl2N3O2S. The second-order valence-corrected chi connectivity index (χ2v) is 9.26. The van der Waals surface area contributed by atoms with E-state index in [1.54, 1.807) is 36.4 Å². The Bertz CT molecular complexity index is 1110. The fourth-order valence-corrected chi connectivity index (χ4v) is 4.91. The first-order valence-corrected chi connectivity index (χ1v) is 11.6. The Labute approximate surface area is 194 Å². The van der Waals surface area contributed by atoms with Crippen LogP contribution in [0.25, 0.3) is 0 Å². The molecule has 3 N–H and O–H groups in total. The quantitative estimate of drug-likeness (QED) is 0.430. The van der Waals surface area contributed by atoms with E-state index in [2.05, 4.69) is 5.32 Å². The number of nitrogens with one attached hydrogen (secondary N) is 1. The SMILES string of the molecule is Nc1c(C(=O)c2ccc(Cl)cc2)sc(Nc2ccc(Cl)cc2)c1C(=O)N1CCCCC1. The van der Waals surface area contributed by atoms with Crippen LogP contribution in [0.2, 0.25) is 10.0 Å². The van der Waals surface area contributed by atoms with Crippen LogP contribution in [-0.2, 0) is 0 Å². The Balaban J connectivity index is 1.74. The van der Waals surface area contributed by atoms with Gasteiger partial charge in [0.05, 0.1) is 11.3 Å². The molecule has 0 spiro atoms. The summed E-state index contributed by atoms with van der Waals surface area (Å²) in [5.74, 6) is -0.393. The van der Waals surface area contributed by atoms with E-state index in [9.17, 15) is 9.59 Å². The Hall–Kier alpha value is -2.54. The summed E-state index contributed by atoms with van der Waals surface area (Å²) in [7, 11) is 0. The largest absolute Gasteiger partial charge is 0.397 e. The lowest BCUT2D eigenvalue weighted by molar-refractivity contribution is 0.0727. The van der Waals surface area contributed by atoms with Gasteiger partial charge in [0.2, 0.25) is 5.78 Å². The van der Waals surface area contributed by atoms with E-state index in [0.29, 0.717) is 44.1 Å². The average Bonchev–Trinajstić information content (AvgIpc) is 3.11. The molecule has 31 heavy (non-hydrogen) atoms. The van der Waals surface area contributed by atoms with Crippen LogP contribution in [0.4, 0.5) is 16.4 Å². The van der Waals surface area contributed by atoms with Crippen molar-refractivity contribution in [3.8, 4) is 0 Å². The van der Waals surface area contributed by atoms with Gasteiger partial charge >= 0.3 is 0 Å². The Morgan fingerprint density at radius 1 is 0.903 bits per heavy atom. The zero-order valence-electron chi connectivity index (χ0n) is 16.7. The first-order chi connectivity index (χ1) is 14.9. The lowest BCUT2D eigenvalue weighted by Gasteiger charge is -2.27. The maximum atomic E-state index is 13.4. The van der Waals surface area contributed by atoms with E-state index in [4.69, 9.17) is 28.9 Å². The van der Waals surface area contributed by atoms with Gasteiger partial charge in [0, 0.05) is 34.4 Å².